The predicted octanol–water partition coefficient (Wildman–Crippen LogP) is -0.715. The van der Waals surface area contributed by atoms with E-state index in [4.69, 9.17) is 23.7 Å². The number of unbranched alkanes of at least 4 members (excludes halogenated alkanes) is 1. The standard InChI is InChI=1S/C6H15N5S2/c7-5(12)3-1-2-4-9-11-10-6(8)13/h9,11H,1-4H2,(H2,7,12)(H3,8,10,13). The van der Waals surface area contributed by atoms with Crippen LogP contribution in [0.4, 0.5) is 0 Å². The number of hydrazine groups is 2. The summed E-state index contributed by atoms with van der Waals surface area (Å²) in [5.74, 6) is 0. The number of nitrogens with one attached hydrogen (secondary N) is 3. The molecule has 0 radical (unpaired) electrons. The van der Waals surface area contributed by atoms with Crippen molar-refractivity contribution in [1.82, 2.24) is 16.4 Å². The van der Waals surface area contributed by atoms with Gasteiger partial charge in [-0.05, 0) is 31.5 Å². The summed E-state index contributed by atoms with van der Waals surface area (Å²) in [4.78, 5) is 0.564. The normalized spacial score (nSPS) is 9.54. The van der Waals surface area contributed by atoms with Crippen LogP contribution in [0.5, 0.6) is 0 Å². The monoisotopic (exact) mass is 221 g/mol. The summed E-state index contributed by atoms with van der Waals surface area (Å²) in [6, 6.07) is 0. The smallest absolute Gasteiger partial charge is 0.179 e. The largest absolute Gasteiger partial charge is 0.393 e. The zero-order chi connectivity index (χ0) is 10.1. The Labute approximate surface area is 88.6 Å². The Kier molecular flexibility index (Phi) is 7.80. The molecular weight excluding hydrogens is 206 g/mol. The molecule has 7 heteroatoms. The molecule has 0 aromatic carbocycles. The summed E-state index contributed by atoms with van der Waals surface area (Å²) < 4.78 is 0. The van der Waals surface area contributed by atoms with Crippen LogP contribution in [0.15, 0.2) is 0 Å². The van der Waals surface area contributed by atoms with Crippen LogP contribution < -0.4 is 27.9 Å². The van der Waals surface area contributed by atoms with Crippen LogP contribution in [0.2, 0.25) is 0 Å². The Hall–Kier alpha value is -0.500. The zero-order valence-electron chi connectivity index (χ0n) is 7.30. The molecule has 76 valence electrons. The molecule has 0 amide bonds. The average molecular weight is 221 g/mol. The molecule has 0 heterocycles. The molecule has 0 saturated heterocycles. The SMILES string of the molecule is NC(=S)CCCCNNNC(N)=S. The summed E-state index contributed by atoms with van der Waals surface area (Å²) >= 11 is 9.29. The Balaban J connectivity index is 3.00. The fourth-order valence-electron chi connectivity index (χ4n) is 0.681. The molecule has 0 aromatic heterocycles. The van der Waals surface area contributed by atoms with Crippen LogP contribution in [-0.4, -0.2) is 16.6 Å². The molecule has 0 aliphatic carbocycles. The van der Waals surface area contributed by atoms with E-state index in [0.717, 1.165) is 25.8 Å². The minimum Gasteiger partial charge on any atom is -0.393 e. The summed E-state index contributed by atoms with van der Waals surface area (Å²) in [6.07, 6.45) is 2.76. The third-order valence-corrected chi connectivity index (χ3v) is 1.56. The van der Waals surface area contributed by atoms with Crippen LogP contribution in [0, 0.1) is 0 Å². The maximum atomic E-state index is 5.32. The molecule has 0 fully saturated rings. The molecule has 7 N–H and O–H groups in total. The van der Waals surface area contributed by atoms with Crippen LogP contribution in [-0.2, 0) is 0 Å². The first-order valence-electron chi connectivity index (χ1n) is 3.94. The molecule has 0 spiro atoms. The Morgan fingerprint density at radius 1 is 1.15 bits per heavy atom. The minimum absolute atomic E-state index is 0.204. The van der Waals surface area contributed by atoms with Gasteiger partial charge in [0.2, 0.25) is 0 Å². The van der Waals surface area contributed by atoms with Gasteiger partial charge in [-0.25, -0.2) is 5.43 Å². The van der Waals surface area contributed by atoms with Gasteiger partial charge in [0.1, 0.15) is 0 Å². The second-order valence-electron chi connectivity index (χ2n) is 2.46. The maximum absolute atomic E-state index is 5.32. The van der Waals surface area contributed by atoms with Gasteiger partial charge in [0, 0.05) is 6.54 Å². The lowest BCUT2D eigenvalue weighted by Gasteiger charge is -2.07. The first-order chi connectivity index (χ1) is 6.13. The van der Waals surface area contributed by atoms with E-state index in [1.165, 1.54) is 0 Å². The van der Waals surface area contributed by atoms with E-state index in [9.17, 15) is 0 Å². The topological polar surface area (TPSA) is 88.1 Å². The van der Waals surface area contributed by atoms with Crippen LogP contribution in [0.1, 0.15) is 19.3 Å². The number of hydrogen-bond donors (Lipinski definition) is 5. The van der Waals surface area contributed by atoms with E-state index >= 15 is 0 Å². The van der Waals surface area contributed by atoms with Crippen LogP contribution >= 0.6 is 24.4 Å². The number of rotatable bonds is 7. The quantitative estimate of drug-likeness (QED) is 0.220. The van der Waals surface area contributed by atoms with Crippen molar-refractivity contribution in [2.45, 2.75) is 19.3 Å². The lowest BCUT2D eigenvalue weighted by Crippen LogP contribution is -2.48. The van der Waals surface area contributed by atoms with Gasteiger partial charge in [0.15, 0.2) is 5.11 Å². The van der Waals surface area contributed by atoms with Gasteiger partial charge in [-0.3, -0.25) is 5.43 Å². The third-order valence-electron chi connectivity index (χ3n) is 1.25. The van der Waals surface area contributed by atoms with Gasteiger partial charge in [-0.15, -0.1) is 0 Å². The molecule has 0 aromatic rings. The second-order valence-corrected chi connectivity index (χ2v) is 3.43. The zero-order valence-corrected chi connectivity index (χ0v) is 8.93. The van der Waals surface area contributed by atoms with Gasteiger partial charge < -0.3 is 11.5 Å². The molecule has 0 aliphatic heterocycles. The Morgan fingerprint density at radius 2 is 1.85 bits per heavy atom. The van der Waals surface area contributed by atoms with E-state index in [1.807, 2.05) is 0 Å². The summed E-state index contributed by atoms with van der Waals surface area (Å²) in [7, 11) is 0. The maximum Gasteiger partial charge on any atom is 0.179 e. The molecular formula is C6H15N5S2. The third kappa shape index (κ3) is 11.5. The first kappa shape index (κ1) is 12.5. The summed E-state index contributed by atoms with van der Waals surface area (Å²) in [6.45, 7) is 0.804. The molecule has 0 saturated carbocycles. The lowest BCUT2D eigenvalue weighted by atomic mass is 10.2. The molecule has 5 nitrogen and oxygen atoms in total. The fraction of sp³-hybridized carbons (Fsp3) is 0.667. The molecule has 0 unspecified atom stereocenters. The predicted molar refractivity (Wildman–Crippen MR) is 61.7 cm³/mol. The van der Waals surface area contributed by atoms with Crippen LogP contribution in [0.25, 0.3) is 0 Å². The second kappa shape index (κ2) is 8.11. The average Bonchev–Trinajstić information content (AvgIpc) is 2.01. The summed E-state index contributed by atoms with van der Waals surface area (Å²) in [5.41, 5.74) is 18.5. The molecule has 0 aliphatic rings. The van der Waals surface area contributed by atoms with E-state index in [1.54, 1.807) is 0 Å². The van der Waals surface area contributed by atoms with Gasteiger partial charge in [-0.2, -0.15) is 5.53 Å². The minimum atomic E-state index is 0.204. The van der Waals surface area contributed by atoms with Gasteiger partial charge in [-0.1, -0.05) is 12.2 Å². The summed E-state index contributed by atoms with van der Waals surface area (Å²) in [5, 5.41) is 0.204. The Bertz CT molecular complexity index is 154. The van der Waals surface area contributed by atoms with Crippen molar-refractivity contribution in [3.05, 3.63) is 0 Å². The van der Waals surface area contributed by atoms with Crippen LogP contribution in [0.3, 0.4) is 0 Å². The highest BCUT2D eigenvalue weighted by Crippen LogP contribution is 1.92. The van der Waals surface area contributed by atoms with Gasteiger partial charge >= 0.3 is 0 Å². The van der Waals surface area contributed by atoms with Gasteiger partial charge in [0.05, 0.1) is 4.99 Å². The highest BCUT2D eigenvalue weighted by molar-refractivity contribution is 7.80. The number of thiocarbonyl (C=S) groups is 2. The van der Waals surface area contributed by atoms with Crippen molar-refractivity contribution < 1.29 is 0 Å². The van der Waals surface area contributed by atoms with Crippen molar-refractivity contribution in [2.24, 2.45) is 11.5 Å². The van der Waals surface area contributed by atoms with E-state index in [2.05, 4.69) is 28.6 Å². The van der Waals surface area contributed by atoms with Crippen molar-refractivity contribution in [2.75, 3.05) is 6.54 Å². The highest BCUT2D eigenvalue weighted by Gasteiger charge is 1.90. The van der Waals surface area contributed by atoms with Crippen molar-refractivity contribution >= 4 is 34.5 Å². The Morgan fingerprint density at radius 3 is 2.38 bits per heavy atom. The van der Waals surface area contributed by atoms with E-state index in [-0.39, 0.29) is 5.11 Å². The van der Waals surface area contributed by atoms with Crippen molar-refractivity contribution in [3.8, 4) is 0 Å². The fourth-order valence-corrected chi connectivity index (χ4v) is 0.876. The molecule has 0 bridgehead atoms. The highest BCUT2D eigenvalue weighted by atomic mass is 32.1. The number of nitrogens with two attached hydrogens (primary N) is 2. The lowest BCUT2D eigenvalue weighted by molar-refractivity contribution is 0.491. The molecule has 0 rings (SSSR count). The first-order valence-corrected chi connectivity index (χ1v) is 4.76. The number of hydrogen-bond acceptors (Lipinski definition) is 4. The van der Waals surface area contributed by atoms with Gasteiger partial charge in [0.25, 0.3) is 0 Å². The molecule has 13 heavy (non-hydrogen) atoms. The van der Waals surface area contributed by atoms with Crippen molar-refractivity contribution in [1.29, 1.82) is 0 Å². The van der Waals surface area contributed by atoms with E-state index in [0.29, 0.717) is 4.99 Å². The van der Waals surface area contributed by atoms with E-state index < -0.39 is 0 Å². The van der Waals surface area contributed by atoms with Crippen molar-refractivity contribution in [3.63, 3.8) is 0 Å². The molecule has 0 atom stereocenters.